The Morgan fingerprint density at radius 2 is 1.60 bits per heavy atom. The quantitative estimate of drug-likeness (QED) is 0.459. The van der Waals surface area contributed by atoms with Crippen LogP contribution in [0.5, 0.6) is 0 Å². The highest BCUT2D eigenvalue weighted by atomic mass is 14.2. The molecule has 50 valence electrons. The molecule has 1 nitrogen and oxygen atoms in total. The van der Waals surface area contributed by atoms with Gasteiger partial charge in [0.05, 0.1) is 18.9 Å². The fraction of sp³-hybridized carbons (Fsp3) is 0.444. The first kappa shape index (κ1) is 8.61. The topological polar surface area (TPSA) is 23.8 Å². The third-order valence-electron chi connectivity index (χ3n) is 0.771. The lowest BCUT2D eigenvalue weighted by atomic mass is 10.3. The largest absolute Gasteiger partial charge is 0.197 e. The van der Waals surface area contributed by atoms with Gasteiger partial charge in [0.15, 0.2) is 0 Å². The number of hydrogen-bond donors (Lipinski definition) is 0. The highest BCUT2D eigenvalue weighted by Gasteiger charge is 1.67. The second-order valence-electron chi connectivity index (χ2n) is 1.57. The van der Waals surface area contributed by atoms with Crippen LogP contribution in [0.4, 0.5) is 0 Å². The summed E-state index contributed by atoms with van der Waals surface area (Å²) in [6, 6.07) is 1.94. The van der Waals surface area contributed by atoms with Gasteiger partial charge < -0.3 is 0 Å². The van der Waals surface area contributed by atoms with Crippen molar-refractivity contribution < 1.29 is 0 Å². The Hall–Kier alpha value is -1.39. The van der Waals surface area contributed by atoms with Gasteiger partial charge in [-0.3, -0.25) is 0 Å². The van der Waals surface area contributed by atoms with E-state index in [4.69, 9.17) is 5.26 Å². The zero-order chi connectivity index (χ0) is 7.66. The summed E-state index contributed by atoms with van der Waals surface area (Å²) in [5.74, 6) is 11.2. The summed E-state index contributed by atoms with van der Waals surface area (Å²) in [6.07, 6.45) is 1.78. The minimum atomic E-state index is 0.313. The van der Waals surface area contributed by atoms with Crippen LogP contribution in [0.3, 0.4) is 0 Å². The first-order valence-corrected chi connectivity index (χ1v) is 3.20. The van der Waals surface area contributed by atoms with Crippen LogP contribution >= 0.6 is 0 Å². The van der Waals surface area contributed by atoms with Crippen LogP contribution in [-0.2, 0) is 0 Å². The molecule has 0 atom stereocenters. The lowest BCUT2D eigenvalue weighted by Gasteiger charge is -1.69. The first-order chi connectivity index (χ1) is 4.91. The van der Waals surface area contributed by atoms with Crippen LogP contribution in [0.15, 0.2) is 0 Å². The number of hydrogen-bond acceptors (Lipinski definition) is 1. The van der Waals surface area contributed by atoms with Crippen molar-refractivity contribution >= 4 is 0 Å². The summed E-state index contributed by atoms with van der Waals surface area (Å²) >= 11 is 0. The van der Waals surface area contributed by atoms with E-state index in [1.807, 2.05) is 13.0 Å². The number of nitrogens with zero attached hydrogens (tertiary/aromatic N) is 1. The summed E-state index contributed by atoms with van der Waals surface area (Å²) in [4.78, 5) is 0. The molecule has 0 aromatic rings. The van der Waals surface area contributed by atoms with Crippen LogP contribution in [-0.4, -0.2) is 0 Å². The maximum absolute atomic E-state index is 8.08. The van der Waals surface area contributed by atoms with E-state index in [2.05, 4.69) is 23.7 Å². The van der Waals surface area contributed by atoms with Gasteiger partial charge in [0.1, 0.15) is 0 Å². The molecule has 0 unspecified atom stereocenters. The molecule has 0 aliphatic rings. The summed E-state index contributed by atoms with van der Waals surface area (Å²) in [7, 11) is 0. The molecule has 0 fully saturated rings. The molecule has 0 bridgehead atoms. The molecule has 0 spiro atoms. The SMILES string of the molecule is CCC#CCC#CCC#N. The fourth-order valence-electron chi connectivity index (χ4n) is 0.396. The third-order valence-corrected chi connectivity index (χ3v) is 0.771. The standard InChI is InChI=1S/C9H9N/c1-2-3-4-5-6-7-8-9-10/h2,5,8H2,1H3. The second-order valence-corrected chi connectivity index (χ2v) is 1.57. The summed E-state index contributed by atoms with van der Waals surface area (Å²) < 4.78 is 0. The molecule has 0 rings (SSSR count). The van der Waals surface area contributed by atoms with Gasteiger partial charge in [-0.15, -0.1) is 5.92 Å². The van der Waals surface area contributed by atoms with Crippen LogP contribution < -0.4 is 0 Å². The predicted molar refractivity (Wildman–Crippen MR) is 40.7 cm³/mol. The molecule has 0 radical (unpaired) electrons. The van der Waals surface area contributed by atoms with Crippen LogP contribution in [0.2, 0.25) is 0 Å². The Bertz CT molecular complexity index is 223. The molecule has 0 saturated carbocycles. The van der Waals surface area contributed by atoms with Gasteiger partial charge in [-0.05, 0) is 0 Å². The minimum Gasteiger partial charge on any atom is -0.197 e. The smallest absolute Gasteiger partial charge is 0.0963 e. The fourth-order valence-corrected chi connectivity index (χ4v) is 0.396. The van der Waals surface area contributed by atoms with E-state index < -0.39 is 0 Å². The van der Waals surface area contributed by atoms with E-state index in [0.29, 0.717) is 12.8 Å². The zero-order valence-corrected chi connectivity index (χ0v) is 6.07. The third kappa shape index (κ3) is 6.61. The molecule has 0 heterocycles. The van der Waals surface area contributed by atoms with Crippen molar-refractivity contribution in [1.82, 2.24) is 0 Å². The molecule has 0 aliphatic carbocycles. The van der Waals surface area contributed by atoms with Crippen molar-refractivity contribution in [3.63, 3.8) is 0 Å². The predicted octanol–water partition coefficient (Wildman–Crippen LogP) is 1.71. The Morgan fingerprint density at radius 1 is 1.00 bits per heavy atom. The van der Waals surface area contributed by atoms with Gasteiger partial charge in [-0.1, -0.05) is 24.7 Å². The van der Waals surface area contributed by atoms with Gasteiger partial charge in [0, 0.05) is 6.42 Å². The Kier molecular flexibility index (Phi) is 6.55. The van der Waals surface area contributed by atoms with Gasteiger partial charge >= 0.3 is 0 Å². The molecule has 0 saturated heterocycles. The number of nitriles is 1. The first-order valence-electron chi connectivity index (χ1n) is 3.20. The molecule has 10 heavy (non-hydrogen) atoms. The lowest BCUT2D eigenvalue weighted by Crippen LogP contribution is -1.61. The van der Waals surface area contributed by atoms with Gasteiger partial charge in [-0.25, -0.2) is 0 Å². The molecule has 0 aromatic carbocycles. The highest BCUT2D eigenvalue weighted by molar-refractivity contribution is 5.13. The monoisotopic (exact) mass is 131 g/mol. The molecule has 0 aliphatic heterocycles. The Balaban J connectivity index is 3.39. The normalized spacial score (nSPS) is 6.00. The van der Waals surface area contributed by atoms with E-state index >= 15 is 0 Å². The average Bonchev–Trinajstić information content (AvgIpc) is 1.97. The summed E-state index contributed by atoms with van der Waals surface area (Å²) in [5, 5.41) is 8.08. The van der Waals surface area contributed by atoms with E-state index in [-0.39, 0.29) is 0 Å². The number of rotatable bonds is 0. The van der Waals surface area contributed by atoms with Gasteiger partial charge in [0.25, 0.3) is 0 Å². The van der Waals surface area contributed by atoms with Gasteiger partial charge in [0.2, 0.25) is 0 Å². The van der Waals surface area contributed by atoms with E-state index in [0.717, 1.165) is 6.42 Å². The van der Waals surface area contributed by atoms with Crippen molar-refractivity contribution in [3.8, 4) is 29.8 Å². The summed E-state index contributed by atoms with van der Waals surface area (Å²) in [6.45, 7) is 2.00. The molecule has 0 N–H and O–H groups in total. The maximum Gasteiger partial charge on any atom is 0.0963 e. The lowest BCUT2D eigenvalue weighted by molar-refractivity contribution is 1.27. The van der Waals surface area contributed by atoms with Gasteiger partial charge in [-0.2, -0.15) is 5.26 Å². The van der Waals surface area contributed by atoms with Crippen molar-refractivity contribution in [3.05, 3.63) is 0 Å². The maximum atomic E-state index is 8.08. The Labute approximate surface area is 62.0 Å². The second kappa shape index (κ2) is 7.61. The highest BCUT2D eigenvalue weighted by Crippen LogP contribution is 1.74. The summed E-state index contributed by atoms with van der Waals surface area (Å²) in [5.41, 5.74) is 0. The molecule has 0 amide bonds. The van der Waals surface area contributed by atoms with Crippen molar-refractivity contribution in [2.45, 2.75) is 26.2 Å². The van der Waals surface area contributed by atoms with Crippen molar-refractivity contribution in [2.75, 3.05) is 0 Å². The van der Waals surface area contributed by atoms with Crippen LogP contribution in [0.25, 0.3) is 0 Å². The molecular formula is C9H9N. The van der Waals surface area contributed by atoms with E-state index in [9.17, 15) is 0 Å². The molecule has 0 aromatic heterocycles. The Morgan fingerprint density at radius 3 is 2.20 bits per heavy atom. The zero-order valence-electron chi connectivity index (χ0n) is 6.07. The van der Waals surface area contributed by atoms with Crippen molar-refractivity contribution in [2.24, 2.45) is 0 Å². The van der Waals surface area contributed by atoms with E-state index in [1.165, 1.54) is 0 Å². The van der Waals surface area contributed by atoms with E-state index in [1.54, 1.807) is 0 Å². The minimum absolute atomic E-state index is 0.313. The molecule has 1 heteroatoms. The average molecular weight is 131 g/mol. The van der Waals surface area contributed by atoms with Crippen molar-refractivity contribution in [1.29, 1.82) is 5.26 Å². The van der Waals surface area contributed by atoms with Crippen LogP contribution in [0, 0.1) is 35.0 Å². The van der Waals surface area contributed by atoms with Crippen LogP contribution in [0.1, 0.15) is 26.2 Å². The molecular weight excluding hydrogens is 122 g/mol.